The van der Waals surface area contributed by atoms with Crippen molar-refractivity contribution in [3.63, 3.8) is 0 Å². The van der Waals surface area contributed by atoms with Crippen molar-refractivity contribution in [1.29, 1.82) is 0 Å². The highest BCUT2D eigenvalue weighted by molar-refractivity contribution is 5.42. The van der Waals surface area contributed by atoms with E-state index in [9.17, 15) is 0 Å². The molecule has 1 aromatic carbocycles. The average molecular weight is 251 g/mol. The highest BCUT2D eigenvalue weighted by Crippen LogP contribution is 2.32. The van der Waals surface area contributed by atoms with Crippen LogP contribution in [0.1, 0.15) is 31.9 Å². The third kappa shape index (κ3) is 3.72. The van der Waals surface area contributed by atoms with Crippen LogP contribution in [0.4, 0.5) is 0 Å². The van der Waals surface area contributed by atoms with Crippen LogP contribution in [0.5, 0.6) is 5.75 Å². The highest BCUT2D eigenvalue weighted by Gasteiger charge is 2.24. The molecule has 0 spiro atoms. The topological polar surface area (TPSA) is 30.5 Å². The first-order valence-electron chi connectivity index (χ1n) is 6.42. The number of methoxy groups -OCH3 is 2. The van der Waals surface area contributed by atoms with E-state index in [4.69, 9.17) is 9.47 Å². The molecule has 102 valence electrons. The SMILES string of the molecule is CCc1ccc(OC)c(C(C)(C)CNCOC)c1. The fourth-order valence-corrected chi connectivity index (χ4v) is 2.06. The molecule has 0 atom stereocenters. The van der Waals surface area contributed by atoms with Crippen molar-refractivity contribution in [2.45, 2.75) is 32.6 Å². The van der Waals surface area contributed by atoms with E-state index in [2.05, 4.69) is 44.3 Å². The van der Waals surface area contributed by atoms with Gasteiger partial charge in [0.2, 0.25) is 0 Å². The van der Waals surface area contributed by atoms with Gasteiger partial charge in [0.1, 0.15) is 5.75 Å². The Kier molecular flexibility index (Phi) is 5.63. The fraction of sp³-hybridized carbons (Fsp3) is 0.600. The molecule has 18 heavy (non-hydrogen) atoms. The summed E-state index contributed by atoms with van der Waals surface area (Å²) in [5, 5.41) is 3.28. The first-order chi connectivity index (χ1) is 8.55. The van der Waals surface area contributed by atoms with E-state index in [-0.39, 0.29) is 5.41 Å². The van der Waals surface area contributed by atoms with Crippen molar-refractivity contribution in [2.75, 3.05) is 27.5 Å². The molecule has 0 fully saturated rings. The summed E-state index contributed by atoms with van der Waals surface area (Å²) in [6.45, 7) is 8.02. The summed E-state index contributed by atoms with van der Waals surface area (Å²) in [4.78, 5) is 0. The number of benzene rings is 1. The van der Waals surface area contributed by atoms with Crippen molar-refractivity contribution in [1.82, 2.24) is 5.32 Å². The summed E-state index contributed by atoms with van der Waals surface area (Å²) in [6, 6.07) is 6.43. The molecule has 0 amide bonds. The minimum absolute atomic E-state index is 0.00898. The van der Waals surface area contributed by atoms with Gasteiger partial charge < -0.3 is 9.47 Å². The molecule has 0 radical (unpaired) electrons. The monoisotopic (exact) mass is 251 g/mol. The minimum Gasteiger partial charge on any atom is -0.496 e. The van der Waals surface area contributed by atoms with Crippen molar-refractivity contribution in [2.24, 2.45) is 0 Å². The molecule has 0 aliphatic rings. The van der Waals surface area contributed by atoms with Crippen LogP contribution in [0.3, 0.4) is 0 Å². The van der Waals surface area contributed by atoms with Gasteiger partial charge >= 0.3 is 0 Å². The van der Waals surface area contributed by atoms with Crippen molar-refractivity contribution < 1.29 is 9.47 Å². The molecular weight excluding hydrogens is 226 g/mol. The van der Waals surface area contributed by atoms with Gasteiger partial charge in [-0.2, -0.15) is 0 Å². The number of aryl methyl sites for hydroxylation is 1. The lowest BCUT2D eigenvalue weighted by atomic mass is 9.83. The quantitative estimate of drug-likeness (QED) is 0.597. The molecule has 0 heterocycles. The van der Waals surface area contributed by atoms with Crippen LogP contribution in [0.2, 0.25) is 0 Å². The van der Waals surface area contributed by atoms with Crippen LogP contribution < -0.4 is 10.1 Å². The van der Waals surface area contributed by atoms with Gasteiger partial charge in [0.15, 0.2) is 0 Å². The number of ether oxygens (including phenoxy) is 2. The Bertz CT molecular complexity index is 375. The summed E-state index contributed by atoms with van der Waals surface area (Å²) in [5.74, 6) is 0.955. The van der Waals surface area contributed by atoms with E-state index in [0.717, 1.165) is 18.7 Å². The minimum atomic E-state index is 0.00898. The van der Waals surface area contributed by atoms with E-state index >= 15 is 0 Å². The molecule has 0 unspecified atom stereocenters. The number of hydrogen-bond donors (Lipinski definition) is 1. The van der Waals surface area contributed by atoms with Gasteiger partial charge in [-0.3, -0.25) is 5.32 Å². The second kappa shape index (κ2) is 6.76. The molecule has 0 aliphatic carbocycles. The standard InChI is InChI=1S/C15H25NO2/c1-6-12-7-8-14(18-5)13(9-12)15(2,3)10-16-11-17-4/h7-9,16H,6,10-11H2,1-5H3. The number of hydrogen-bond acceptors (Lipinski definition) is 3. The normalized spacial score (nSPS) is 11.6. The second-order valence-corrected chi connectivity index (χ2v) is 5.13. The molecule has 1 aromatic rings. The van der Waals surface area contributed by atoms with Gasteiger partial charge in [-0.1, -0.05) is 32.9 Å². The molecule has 0 aliphatic heterocycles. The molecule has 0 bridgehead atoms. The fourth-order valence-electron chi connectivity index (χ4n) is 2.06. The Hall–Kier alpha value is -1.06. The van der Waals surface area contributed by atoms with E-state index in [1.165, 1.54) is 11.1 Å². The Morgan fingerprint density at radius 2 is 1.94 bits per heavy atom. The summed E-state index contributed by atoms with van der Waals surface area (Å²) in [5.41, 5.74) is 2.59. The van der Waals surface area contributed by atoms with Gasteiger partial charge in [-0.25, -0.2) is 0 Å². The summed E-state index contributed by atoms with van der Waals surface area (Å²) in [7, 11) is 3.42. The summed E-state index contributed by atoms with van der Waals surface area (Å²) >= 11 is 0. The van der Waals surface area contributed by atoms with Crippen molar-refractivity contribution in [3.05, 3.63) is 29.3 Å². The first kappa shape index (κ1) is 15.0. The molecule has 0 saturated carbocycles. The zero-order valence-corrected chi connectivity index (χ0v) is 12.2. The maximum atomic E-state index is 5.48. The van der Waals surface area contributed by atoms with Crippen LogP contribution in [-0.4, -0.2) is 27.5 Å². The van der Waals surface area contributed by atoms with Gasteiger partial charge in [-0.05, 0) is 18.1 Å². The van der Waals surface area contributed by atoms with Crippen LogP contribution in [0, 0.1) is 0 Å². The van der Waals surface area contributed by atoms with Crippen molar-refractivity contribution in [3.8, 4) is 5.75 Å². The largest absolute Gasteiger partial charge is 0.496 e. The van der Waals surface area contributed by atoms with Gasteiger partial charge in [0, 0.05) is 24.6 Å². The molecule has 0 aromatic heterocycles. The molecule has 0 saturated heterocycles. The van der Waals surface area contributed by atoms with Crippen LogP contribution >= 0.6 is 0 Å². The molecule has 1 rings (SSSR count). The van der Waals surface area contributed by atoms with E-state index in [1.807, 2.05) is 0 Å². The number of rotatable bonds is 7. The van der Waals surface area contributed by atoms with Gasteiger partial charge in [-0.15, -0.1) is 0 Å². The molecule has 1 N–H and O–H groups in total. The van der Waals surface area contributed by atoms with Crippen LogP contribution in [0.25, 0.3) is 0 Å². The summed E-state index contributed by atoms with van der Waals surface area (Å²) in [6.07, 6.45) is 1.04. The zero-order chi connectivity index (χ0) is 13.6. The molecule has 3 heteroatoms. The lowest BCUT2D eigenvalue weighted by Crippen LogP contribution is -2.34. The third-order valence-corrected chi connectivity index (χ3v) is 3.21. The van der Waals surface area contributed by atoms with Gasteiger partial charge in [0.25, 0.3) is 0 Å². The predicted octanol–water partition coefficient (Wildman–Crippen LogP) is 2.73. The van der Waals surface area contributed by atoms with E-state index in [0.29, 0.717) is 6.73 Å². The zero-order valence-electron chi connectivity index (χ0n) is 12.2. The smallest absolute Gasteiger partial charge is 0.122 e. The third-order valence-electron chi connectivity index (χ3n) is 3.21. The van der Waals surface area contributed by atoms with Gasteiger partial charge in [0.05, 0.1) is 13.8 Å². The lowest BCUT2D eigenvalue weighted by molar-refractivity contribution is 0.169. The highest BCUT2D eigenvalue weighted by atomic mass is 16.5. The maximum Gasteiger partial charge on any atom is 0.122 e. The van der Waals surface area contributed by atoms with E-state index in [1.54, 1.807) is 14.2 Å². The summed E-state index contributed by atoms with van der Waals surface area (Å²) < 4.78 is 10.5. The maximum absolute atomic E-state index is 5.48. The van der Waals surface area contributed by atoms with Crippen LogP contribution in [0.15, 0.2) is 18.2 Å². The lowest BCUT2D eigenvalue weighted by Gasteiger charge is -2.28. The average Bonchev–Trinajstić information content (AvgIpc) is 2.38. The Labute approximate surface area is 110 Å². The Morgan fingerprint density at radius 1 is 1.22 bits per heavy atom. The molecular formula is C15H25NO2. The second-order valence-electron chi connectivity index (χ2n) is 5.13. The first-order valence-corrected chi connectivity index (χ1v) is 6.42. The molecule has 3 nitrogen and oxygen atoms in total. The van der Waals surface area contributed by atoms with Crippen LogP contribution in [-0.2, 0) is 16.6 Å². The Morgan fingerprint density at radius 3 is 2.50 bits per heavy atom. The Balaban J connectivity index is 2.96. The number of nitrogens with one attached hydrogen (secondary N) is 1. The predicted molar refractivity (Wildman–Crippen MR) is 75.3 cm³/mol. The van der Waals surface area contributed by atoms with E-state index < -0.39 is 0 Å². The van der Waals surface area contributed by atoms with Crippen molar-refractivity contribution >= 4 is 0 Å².